The molecule has 4 heterocycles. The van der Waals surface area contributed by atoms with Crippen LogP contribution in [0.15, 0.2) is 231 Å². The van der Waals surface area contributed by atoms with E-state index in [0.29, 0.717) is 50.1 Å². The van der Waals surface area contributed by atoms with Gasteiger partial charge in [0.1, 0.15) is 0 Å². The largest absolute Gasteiger partial charge is 0.417 e. The predicted octanol–water partition coefficient (Wildman–Crippen LogP) is 23.9. The summed E-state index contributed by atoms with van der Waals surface area (Å²) in [6, 6.07) is 70.0. The van der Waals surface area contributed by atoms with E-state index in [0.717, 1.165) is 112 Å². The summed E-state index contributed by atoms with van der Waals surface area (Å²) in [5.74, 6) is 0. The number of rotatable bonds is 6. The highest BCUT2D eigenvalue weighted by Crippen LogP contribution is 2.51. The van der Waals surface area contributed by atoms with Crippen molar-refractivity contribution < 1.29 is 39.5 Å². The van der Waals surface area contributed by atoms with Gasteiger partial charge < -0.3 is 18.3 Å². The molecule has 0 aliphatic rings. The maximum atomic E-state index is 15.1. The highest BCUT2D eigenvalue weighted by molar-refractivity contribution is 6.15. The SMILES string of the molecule is Cc1ccc2c(c1)c1ccccc1n2-c1cc(C#N)cc(-n2c3ccccc3c3cc(C)ccc32)c1-c1c(C)cccc1C(F)(F)F.Cc1ccc2c(c1)c1ccccc1n2-c1cc(C(F)(F)F)cc(-n2c3ccccc3c3cc(C)ccc32)c1-c1c(C)cccc1C(F)(F)F. The first-order valence-electron chi connectivity index (χ1n) is 31.2. The Hall–Kier alpha value is -11.3. The van der Waals surface area contributed by atoms with E-state index in [1.54, 1.807) is 71.5 Å². The minimum absolute atomic E-state index is 0.00211. The monoisotopic (exact) mass is 1280 g/mol. The molecule has 0 saturated heterocycles. The van der Waals surface area contributed by atoms with E-state index >= 15 is 39.5 Å². The molecule has 0 unspecified atom stereocenters. The molecule has 0 spiro atoms. The number of aryl methyl sites for hydroxylation is 6. The molecule has 472 valence electrons. The smallest absolute Gasteiger partial charge is 0.309 e. The van der Waals surface area contributed by atoms with Gasteiger partial charge in [0.25, 0.3) is 0 Å². The third-order valence-corrected chi connectivity index (χ3v) is 18.6. The van der Waals surface area contributed by atoms with Crippen molar-refractivity contribution in [2.24, 2.45) is 0 Å². The summed E-state index contributed by atoms with van der Waals surface area (Å²) < 4.78 is 143. The number of para-hydroxylation sites is 4. The molecule has 0 fully saturated rings. The lowest BCUT2D eigenvalue weighted by molar-refractivity contribution is -0.138. The first kappa shape index (κ1) is 60.9. The quantitative estimate of drug-likeness (QED) is 0.153. The van der Waals surface area contributed by atoms with Crippen molar-refractivity contribution in [3.05, 3.63) is 286 Å². The number of nitrogens with zero attached hydrogens (tertiary/aromatic N) is 5. The van der Waals surface area contributed by atoms with Crippen LogP contribution in [0.1, 0.15) is 55.6 Å². The molecule has 0 atom stereocenters. The second kappa shape index (κ2) is 22.4. The number of nitriles is 1. The van der Waals surface area contributed by atoms with Crippen LogP contribution in [0, 0.1) is 52.9 Å². The van der Waals surface area contributed by atoms with Gasteiger partial charge in [-0.3, -0.25) is 0 Å². The Bertz CT molecular complexity index is 5680. The van der Waals surface area contributed by atoms with Gasteiger partial charge in [-0.15, -0.1) is 0 Å². The number of aromatic nitrogens is 4. The molecule has 0 aliphatic heterocycles. The van der Waals surface area contributed by atoms with Gasteiger partial charge in [-0.05, 0) is 162 Å². The van der Waals surface area contributed by atoms with Gasteiger partial charge >= 0.3 is 18.5 Å². The van der Waals surface area contributed by atoms with Crippen molar-refractivity contribution in [3.63, 3.8) is 0 Å². The van der Waals surface area contributed by atoms with Gasteiger partial charge in [-0.2, -0.15) is 44.8 Å². The molecule has 5 nitrogen and oxygen atoms in total. The fourth-order valence-corrected chi connectivity index (χ4v) is 14.5. The highest BCUT2D eigenvalue weighted by Gasteiger charge is 2.40. The lowest BCUT2D eigenvalue weighted by atomic mass is 9.90. The minimum Gasteiger partial charge on any atom is -0.309 e. The number of alkyl halides is 9. The second-order valence-corrected chi connectivity index (χ2v) is 24.9. The molecule has 0 radical (unpaired) electrons. The van der Waals surface area contributed by atoms with Crippen LogP contribution in [0.25, 0.3) is 132 Å². The first-order valence-corrected chi connectivity index (χ1v) is 31.2. The van der Waals surface area contributed by atoms with Crippen molar-refractivity contribution in [1.82, 2.24) is 18.3 Å². The Labute approximate surface area is 544 Å². The van der Waals surface area contributed by atoms with E-state index in [2.05, 4.69) is 18.2 Å². The third kappa shape index (κ3) is 9.85. The molecule has 0 N–H and O–H groups in total. The van der Waals surface area contributed by atoms with E-state index in [-0.39, 0.29) is 33.6 Å². The standard InChI is InChI=1S/C41H28F6N2.C41H28F3N3/c1-23-15-17-34-29(19-23)27-10-4-6-13-32(27)48(34)36-21-26(40(42,43)44)22-37(39(36)38-25(3)9-8-12-31(38)41(45,46)47)49-33-14-7-5-11-28(33)30-20-24(2)16-18-35(30)49;1-24-15-17-35-30(19-24)28-10-4-6-13-33(28)46(35)37-21-27(23-45)22-38(40(37)39-26(3)9-8-12-32(39)41(42,43)44)47-34-14-7-5-11-29(34)31-20-25(2)16-18-36(31)47/h4-22H,1-3H3;4-22H,1-3H3. The zero-order valence-corrected chi connectivity index (χ0v) is 52.6. The van der Waals surface area contributed by atoms with Gasteiger partial charge in [0.15, 0.2) is 0 Å². The summed E-state index contributed by atoms with van der Waals surface area (Å²) in [5, 5.41) is 17.5. The van der Waals surface area contributed by atoms with Crippen LogP contribution in [0.4, 0.5) is 39.5 Å². The maximum Gasteiger partial charge on any atom is 0.417 e. The molecule has 0 amide bonds. The molecule has 0 aliphatic carbocycles. The molecule has 12 aromatic carbocycles. The van der Waals surface area contributed by atoms with Crippen LogP contribution < -0.4 is 0 Å². The Morgan fingerprint density at radius 3 is 0.812 bits per heavy atom. The molecular formula is C82H56F9N5. The average Bonchev–Trinajstić information content (AvgIpc) is 1.47. The van der Waals surface area contributed by atoms with Gasteiger partial charge in [-0.25, -0.2) is 0 Å². The van der Waals surface area contributed by atoms with E-state index in [1.807, 2.05) is 170 Å². The summed E-state index contributed by atoms with van der Waals surface area (Å²) in [6.07, 6.45) is -14.2. The van der Waals surface area contributed by atoms with Gasteiger partial charge in [-0.1, -0.05) is 144 Å². The third-order valence-electron chi connectivity index (χ3n) is 18.6. The summed E-state index contributed by atoms with van der Waals surface area (Å²) in [4.78, 5) is 0. The molecule has 0 saturated carbocycles. The van der Waals surface area contributed by atoms with Crippen molar-refractivity contribution in [3.8, 4) is 51.1 Å². The lowest BCUT2D eigenvalue weighted by Gasteiger charge is -2.25. The Morgan fingerprint density at radius 2 is 0.542 bits per heavy atom. The minimum atomic E-state index is -4.81. The summed E-state index contributed by atoms with van der Waals surface area (Å²) >= 11 is 0. The van der Waals surface area contributed by atoms with Crippen molar-refractivity contribution in [2.75, 3.05) is 0 Å². The zero-order chi connectivity index (χ0) is 67.0. The van der Waals surface area contributed by atoms with Crippen molar-refractivity contribution in [2.45, 2.75) is 60.1 Å². The van der Waals surface area contributed by atoms with Gasteiger partial charge in [0.2, 0.25) is 0 Å². The first-order chi connectivity index (χ1) is 46.0. The van der Waals surface area contributed by atoms with Crippen LogP contribution in [-0.2, 0) is 18.5 Å². The fourth-order valence-electron chi connectivity index (χ4n) is 14.5. The van der Waals surface area contributed by atoms with Crippen molar-refractivity contribution >= 4 is 87.2 Å². The molecule has 4 aromatic heterocycles. The summed E-state index contributed by atoms with van der Waals surface area (Å²) in [6.45, 7) is 11.2. The van der Waals surface area contributed by atoms with Crippen LogP contribution in [-0.4, -0.2) is 18.3 Å². The topological polar surface area (TPSA) is 43.5 Å². The van der Waals surface area contributed by atoms with E-state index in [1.165, 1.54) is 12.1 Å². The van der Waals surface area contributed by atoms with Crippen LogP contribution in [0.2, 0.25) is 0 Å². The highest BCUT2D eigenvalue weighted by atomic mass is 19.4. The Kier molecular flexibility index (Phi) is 14.2. The molecular weight excluding hydrogens is 1230 g/mol. The number of benzene rings is 12. The summed E-state index contributed by atoms with van der Waals surface area (Å²) in [7, 11) is 0. The number of fused-ring (bicyclic) bond motifs is 12. The Morgan fingerprint density at radius 1 is 0.271 bits per heavy atom. The van der Waals surface area contributed by atoms with Crippen molar-refractivity contribution in [1.29, 1.82) is 5.26 Å². The number of hydrogen-bond acceptors (Lipinski definition) is 1. The summed E-state index contributed by atoms with van der Waals surface area (Å²) in [5.41, 5.74) is 9.60. The second-order valence-electron chi connectivity index (χ2n) is 24.9. The van der Waals surface area contributed by atoms with Crippen LogP contribution in [0.5, 0.6) is 0 Å². The molecule has 16 rings (SSSR count). The fraction of sp³-hybridized carbons (Fsp3) is 0.110. The molecule has 0 bridgehead atoms. The maximum absolute atomic E-state index is 15.1. The number of halogens is 9. The van der Waals surface area contributed by atoms with E-state index < -0.39 is 35.2 Å². The predicted molar refractivity (Wildman–Crippen MR) is 369 cm³/mol. The molecule has 96 heavy (non-hydrogen) atoms. The lowest BCUT2D eigenvalue weighted by Crippen LogP contribution is -2.14. The normalized spacial score (nSPS) is 12.3. The molecule has 16 aromatic rings. The number of hydrogen-bond donors (Lipinski definition) is 0. The zero-order valence-electron chi connectivity index (χ0n) is 52.6. The van der Waals surface area contributed by atoms with E-state index in [9.17, 15) is 5.26 Å². The van der Waals surface area contributed by atoms with Gasteiger partial charge in [0.05, 0.1) is 95.2 Å². The van der Waals surface area contributed by atoms with Crippen LogP contribution >= 0.6 is 0 Å². The van der Waals surface area contributed by atoms with Crippen LogP contribution in [0.3, 0.4) is 0 Å². The molecule has 14 heteroatoms. The Balaban J connectivity index is 0.000000158. The van der Waals surface area contributed by atoms with E-state index in [4.69, 9.17) is 0 Å². The van der Waals surface area contributed by atoms with Gasteiger partial charge in [0, 0.05) is 65.3 Å². The average molecular weight is 1280 g/mol.